The van der Waals surface area contributed by atoms with E-state index < -0.39 is 6.04 Å². The molecule has 4 aromatic carbocycles. The fourth-order valence-electron chi connectivity index (χ4n) is 6.22. The zero-order valence-corrected chi connectivity index (χ0v) is 28.8. The molecule has 250 valence electrons. The lowest BCUT2D eigenvalue weighted by Crippen LogP contribution is -2.44. The first-order valence-corrected chi connectivity index (χ1v) is 17.7. The van der Waals surface area contributed by atoms with Gasteiger partial charge in [-0.15, -0.1) is 11.3 Å². The molecule has 7 rings (SSSR count). The van der Waals surface area contributed by atoms with Gasteiger partial charge in [-0.1, -0.05) is 34.1 Å². The van der Waals surface area contributed by atoms with Crippen molar-refractivity contribution in [2.24, 2.45) is 0 Å². The predicted molar refractivity (Wildman–Crippen MR) is 192 cm³/mol. The zero-order chi connectivity index (χ0) is 33.9. The van der Waals surface area contributed by atoms with Crippen LogP contribution in [0.15, 0.2) is 89.4 Å². The number of phenols is 1. The minimum Gasteiger partial charge on any atom is -0.508 e. The number of carbonyl (C=O) groups is 3. The number of ether oxygens (including phenoxy) is 3. The Kier molecular flexibility index (Phi) is 9.65. The molecule has 0 spiro atoms. The van der Waals surface area contributed by atoms with Gasteiger partial charge >= 0.3 is 0 Å². The van der Waals surface area contributed by atoms with Gasteiger partial charge in [-0.2, -0.15) is 0 Å². The Balaban J connectivity index is 0.886. The van der Waals surface area contributed by atoms with Crippen molar-refractivity contribution in [1.82, 2.24) is 4.90 Å². The summed E-state index contributed by atoms with van der Waals surface area (Å²) in [5.41, 5.74) is 3.32. The molecule has 2 N–H and O–H groups in total. The van der Waals surface area contributed by atoms with Crippen LogP contribution in [-0.4, -0.2) is 59.9 Å². The summed E-state index contributed by atoms with van der Waals surface area (Å²) in [6.45, 7) is 2.09. The minimum atomic E-state index is -0.537. The van der Waals surface area contributed by atoms with E-state index in [1.807, 2.05) is 66.7 Å². The van der Waals surface area contributed by atoms with Crippen molar-refractivity contribution in [3.8, 4) is 33.4 Å². The maximum atomic E-state index is 13.1. The van der Waals surface area contributed by atoms with Crippen molar-refractivity contribution < 1.29 is 33.7 Å². The quantitative estimate of drug-likeness (QED) is 0.0978. The molecule has 2 aliphatic rings. The number of ketones is 2. The van der Waals surface area contributed by atoms with Crippen molar-refractivity contribution in [3.05, 3.63) is 101 Å². The molecule has 9 nitrogen and oxygen atoms in total. The molecule has 1 fully saturated rings. The first-order chi connectivity index (χ1) is 23.8. The summed E-state index contributed by atoms with van der Waals surface area (Å²) >= 11 is 5.07. The van der Waals surface area contributed by atoms with Gasteiger partial charge < -0.3 is 29.5 Å². The Labute approximate surface area is 295 Å². The highest BCUT2D eigenvalue weighted by molar-refractivity contribution is 9.10. The molecule has 0 saturated heterocycles. The van der Waals surface area contributed by atoms with E-state index in [-0.39, 0.29) is 29.6 Å². The second-order valence-corrected chi connectivity index (χ2v) is 13.9. The molecule has 1 aromatic heterocycles. The molecule has 49 heavy (non-hydrogen) atoms. The third-order valence-electron chi connectivity index (χ3n) is 8.65. The molecular weight excluding hydrogens is 708 g/mol. The average molecular weight is 742 g/mol. The third-order valence-corrected chi connectivity index (χ3v) is 10.4. The van der Waals surface area contributed by atoms with Crippen LogP contribution in [0, 0.1) is 0 Å². The molecule has 2 heterocycles. The van der Waals surface area contributed by atoms with E-state index in [1.165, 1.54) is 0 Å². The number of aromatic hydroxyl groups is 1. The lowest BCUT2D eigenvalue weighted by atomic mass is 9.92. The lowest BCUT2D eigenvalue weighted by molar-refractivity contribution is -0.133. The first-order valence-electron chi connectivity index (χ1n) is 16.0. The van der Waals surface area contributed by atoms with Crippen LogP contribution < -0.4 is 14.8 Å². The molecule has 1 aliphatic heterocycles. The summed E-state index contributed by atoms with van der Waals surface area (Å²) in [4.78, 5) is 39.8. The number of benzene rings is 4. The van der Waals surface area contributed by atoms with Gasteiger partial charge in [-0.25, -0.2) is 0 Å². The number of rotatable bonds is 12. The number of phenolic OH excluding ortho intramolecular Hbond substituents is 1. The highest BCUT2D eigenvalue weighted by atomic mass is 79.9. The van der Waals surface area contributed by atoms with E-state index in [0.29, 0.717) is 62.8 Å². The molecular formula is C38H33BrN2O7S. The number of Topliss-reactive ketones (excluding diaryl/α,β-unsaturated/α-hetero) is 2. The van der Waals surface area contributed by atoms with E-state index in [9.17, 15) is 19.5 Å². The summed E-state index contributed by atoms with van der Waals surface area (Å²) in [5, 5.41) is 14.3. The fourth-order valence-corrected chi connectivity index (χ4v) is 7.65. The predicted octanol–water partition coefficient (Wildman–Crippen LogP) is 7.98. The number of carbonyl (C=O) groups excluding carboxylic acids is 3. The first kappa shape index (κ1) is 32.8. The summed E-state index contributed by atoms with van der Waals surface area (Å²) in [6.07, 6.45) is 0.630. The zero-order valence-electron chi connectivity index (χ0n) is 26.4. The van der Waals surface area contributed by atoms with Gasteiger partial charge in [0.25, 0.3) is 5.91 Å². The molecule has 0 bridgehead atoms. The van der Waals surface area contributed by atoms with E-state index >= 15 is 0 Å². The number of fused-ring (bicyclic) bond motifs is 2. The van der Waals surface area contributed by atoms with Crippen molar-refractivity contribution in [2.45, 2.75) is 31.8 Å². The topological polar surface area (TPSA) is 114 Å². The van der Waals surface area contributed by atoms with Crippen LogP contribution in [0.5, 0.6) is 23.0 Å². The Morgan fingerprint density at radius 1 is 0.918 bits per heavy atom. The second kappa shape index (κ2) is 14.4. The SMILES string of the molecule is O=C1CCC(N2Cc3c(NCCOCCOc4ccc(Oc5c(-c6ccc(Br)cc6)sc6cc(O)ccc56)cc4)cccc3C2=O)C(=O)C1. The Morgan fingerprint density at radius 3 is 2.51 bits per heavy atom. The van der Waals surface area contributed by atoms with Crippen LogP contribution in [0.3, 0.4) is 0 Å². The van der Waals surface area contributed by atoms with E-state index in [0.717, 1.165) is 42.0 Å². The maximum absolute atomic E-state index is 13.1. The third kappa shape index (κ3) is 7.19. The number of hydrogen-bond acceptors (Lipinski definition) is 9. The molecule has 1 aliphatic carbocycles. The largest absolute Gasteiger partial charge is 0.508 e. The maximum Gasteiger partial charge on any atom is 0.255 e. The normalized spacial score (nSPS) is 15.9. The number of nitrogens with one attached hydrogen (secondary N) is 1. The number of halogens is 1. The van der Waals surface area contributed by atoms with Gasteiger partial charge in [0.05, 0.1) is 30.6 Å². The number of amides is 1. The highest BCUT2D eigenvalue weighted by Crippen LogP contribution is 2.47. The highest BCUT2D eigenvalue weighted by Gasteiger charge is 2.39. The van der Waals surface area contributed by atoms with Crippen molar-refractivity contribution >= 4 is 60.5 Å². The van der Waals surface area contributed by atoms with Crippen LogP contribution in [0.1, 0.15) is 35.2 Å². The average Bonchev–Trinajstić information content (AvgIpc) is 3.62. The summed E-state index contributed by atoms with van der Waals surface area (Å²) in [7, 11) is 0. The molecule has 1 amide bonds. The van der Waals surface area contributed by atoms with Gasteiger partial charge in [0.2, 0.25) is 0 Å². The van der Waals surface area contributed by atoms with Crippen LogP contribution in [0.4, 0.5) is 5.69 Å². The lowest BCUT2D eigenvalue weighted by Gasteiger charge is -2.29. The van der Waals surface area contributed by atoms with Crippen LogP contribution >= 0.6 is 27.3 Å². The second-order valence-electron chi connectivity index (χ2n) is 11.9. The molecule has 11 heteroatoms. The van der Waals surface area contributed by atoms with Crippen molar-refractivity contribution in [3.63, 3.8) is 0 Å². The van der Waals surface area contributed by atoms with Crippen LogP contribution in [-0.2, 0) is 20.9 Å². The number of thiophene rings is 1. The standard InChI is InChI=1S/C38H33BrN2O7S/c39-24-6-4-23(5-7-24)37-36(30-14-8-26(43)21-35(30)49-37)48-28-12-10-27(11-13-28)47-19-18-46-17-16-40-32-3-1-2-29-31(32)22-41(38(29)45)33-15-9-25(42)20-34(33)44/h1-8,10-14,21,33,40,43H,9,15-20,22H2. The van der Waals surface area contributed by atoms with E-state index in [1.54, 1.807) is 34.4 Å². The fraction of sp³-hybridized carbons (Fsp3) is 0.237. The molecule has 0 radical (unpaired) electrons. The summed E-state index contributed by atoms with van der Waals surface area (Å²) < 4.78 is 20.0. The van der Waals surface area contributed by atoms with Crippen molar-refractivity contribution in [1.29, 1.82) is 0 Å². The van der Waals surface area contributed by atoms with Gasteiger partial charge in [0.15, 0.2) is 11.5 Å². The molecule has 5 aromatic rings. The Morgan fingerprint density at radius 2 is 1.71 bits per heavy atom. The van der Waals surface area contributed by atoms with Gasteiger partial charge in [0.1, 0.15) is 29.6 Å². The minimum absolute atomic E-state index is 0.0558. The monoisotopic (exact) mass is 740 g/mol. The molecule has 1 atom stereocenters. The number of nitrogens with zero attached hydrogens (tertiary/aromatic N) is 1. The summed E-state index contributed by atoms with van der Waals surface area (Å²) in [5.74, 6) is 1.91. The number of anilines is 1. The van der Waals surface area contributed by atoms with Gasteiger partial charge in [0, 0.05) is 50.9 Å². The van der Waals surface area contributed by atoms with Crippen LogP contribution in [0.2, 0.25) is 0 Å². The van der Waals surface area contributed by atoms with Crippen molar-refractivity contribution in [2.75, 3.05) is 31.7 Å². The smallest absolute Gasteiger partial charge is 0.255 e. The van der Waals surface area contributed by atoms with Gasteiger partial charge in [-0.3, -0.25) is 14.4 Å². The van der Waals surface area contributed by atoms with Crippen LogP contribution in [0.25, 0.3) is 20.5 Å². The molecule has 1 unspecified atom stereocenters. The Hall–Kier alpha value is -4.71. The van der Waals surface area contributed by atoms with Gasteiger partial charge in [-0.05, 0) is 78.7 Å². The molecule has 1 saturated carbocycles. The summed E-state index contributed by atoms with van der Waals surface area (Å²) in [6, 6.07) is 25.8. The Bertz CT molecular complexity index is 2030. The van der Waals surface area contributed by atoms with E-state index in [2.05, 4.69) is 21.2 Å². The van der Waals surface area contributed by atoms with E-state index in [4.69, 9.17) is 14.2 Å². The number of hydrogen-bond donors (Lipinski definition) is 2.